The molecule has 4 nitrogen and oxygen atoms in total. The van der Waals surface area contributed by atoms with Crippen LogP contribution in [0, 0.1) is 0 Å². The van der Waals surface area contributed by atoms with Gasteiger partial charge in [-0.25, -0.2) is 4.99 Å². The summed E-state index contributed by atoms with van der Waals surface area (Å²) < 4.78 is 4.64. The van der Waals surface area contributed by atoms with Crippen molar-refractivity contribution in [1.82, 2.24) is 0 Å². The second kappa shape index (κ2) is 1.18. The SMILES string of the molecule is NC=NC1(N)CO1. The van der Waals surface area contributed by atoms with Crippen molar-refractivity contribution in [2.45, 2.75) is 5.85 Å². The van der Waals surface area contributed by atoms with E-state index in [1.165, 1.54) is 0 Å². The zero-order valence-electron chi connectivity index (χ0n) is 3.79. The minimum Gasteiger partial charge on any atom is -0.390 e. The molecule has 1 saturated heterocycles. The van der Waals surface area contributed by atoms with Crippen LogP contribution in [0.5, 0.6) is 0 Å². The van der Waals surface area contributed by atoms with Crippen molar-refractivity contribution in [3.63, 3.8) is 0 Å². The van der Waals surface area contributed by atoms with Gasteiger partial charge in [0.15, 0.2) is 0 Å². The standard InChI is InChI=1S/C3H7N3O/c4-2-6-3(5)1-7-3/h2H,1,5H2,(H2,4,6). The molecule has 0 aromatic rings. The maximum Gasteiger partial charge on any atom is 0.239 e. The molecule has 4 heteroatoms. The number of nitrogens with two attached hydrogens (primary N) is 2. The van der Waals surface area contributed by atoms with Gasteiger partial charge in [-0.3, -0.25) is 5.73 Å². The fraction of sp³-hybridized carbons (Fsp3) is 0.667. The number of rotatable bonds is 1. The van der Waals surface area contributed by atoms with Gasteiger partial charge in [0.25, 0.3) is 0 Å². The van der Waals surface area contributed by atoms with Crippen LogP contribution in [-0.4, -0.2) is 18.8 Å². The van der Waals surface area contributed by atoms with E-state index in [1.807, 2.05) is 0 Å². The van der Waals surface area contributed by atoms with Crippen molar-refractivity contribution in [3.05, 3.63) is 0 Å². The minimum absolute atomic E-state index is 0.487. The zero-order chi connectivity index (χ0) is 5.33. The van der Waals surface area contributed by atoms with Gasteiger partial charge in [0.2, 0.25) is 5.85 Å². The Balaban J connectivity index is 2.40. The van der Waals surface area contributed by atoms with Gasteiger partial charge < -0.3 is 10.5 Å². The van der Waals surface area contributed by atoms with Crippen LogP contribution >= 0.6 is 0 Å². The summed E-state index contributed by atoms with van der Waals surface area (Å²) in [5.74, 6) is -0.755. The highest BCUT2D eigenvalue weighted by molar-refractivity contribution is 5.52. The predicted octanol–water partition coefficient (Wildman–Crippen LogP) is -1.38. The van der Waals surface area contributed by atoms with E-state index in [0.29, 0.717) is 6.61 Å². The van der Waals surface area contributed by atoms with E-state index >= 15 is 0 Å². The Morgan fingerprint density at radius 1 is 1.86 bits per heavy atom. The molecule has 1 atom stereocenters. The third-order valence-corrected chi connectivity index (χ3v) is 0.733. The van der Waals surface area contributed by atoms with Crippen LogP contribution in [0.25, 0.3) is 0 Å². The van der Waals surface area contributed by atoms with E-state index in [2.05, 4.69) is 9.73 Å². The first-order valence-electron chi connectivity index (χ1n) is 1.95. The van der Waals surface area contributed by atoms with Crippen molar-refractivity contribution in [3.8, 4) is 0 Å². The lowest BCUT2D eigenvalue weighted by Crippen LogP contribution is -2.21. The minimum atomic E-state index is -0.755. The van der Waals surface area contributed by atoms with E-state index in [9.17, 15) is 0 Å². The lowest BCUT2D eigenvalue weighted by atomic mass is 10.6. The van der Waals surface area contributed by atoms with E-state index in [-0.39, 0.29) is 0 Å². The molecule has 0 aromatic heterocycles. The molecule has 0 aliphatic carbocycles. The molecule has 1 aliphatic rings. The molecule has 1 fully saturated rings. The van der Waals surface area contributed by atoms with Crippen LogP contribution in [0.15, 0.2) is 4.99 Å². The summed E-state index contributed by atoms with van der Waals surface area (Å²) in [6, 6.07) is 0. The molecule has 0 bridgehead atoms. The number of nitrogens with zero attached hydrogens (tertiary/aromatic N) is 1. The van der Waals surface area contributed by atoms with Gasteiger partial charge in [-0.05, 0) is 0 Å². The topological polar surface area (TPSA) is 76.9 Å². The first-order valence-corrected chi connectivity index (χ1v) is 1.95. The molecule has 40 valence electrons. The third kappa shape index (κ3) is 0.880. The third-order valence-electron chi connectivity index (χ3n) is 0.733. The van der Waals surface area contributed by atoms with Crippen molar-refractivity contribution in [2.24, 2.45) is 16.5 Å². The number of aliphatic imine (C=N–C) groups is 1. The Morgan fingerprint density at radius 3 is 2.57 bits per heavy atom. The molecule has 0 radical (unpaired) electrons. The Hall–Kier alpha value is -0.610. The van der Waals surface area contributed by atoms with Gasteiger partial charge in [-0.1, -0.05) is 0 Å². The molecule has 0 spiro atoms. The normalized spacial score (nSPS) is 39.6. The number of epoxide rings is 1. The van der Waals surface area contributed by atoms with Crippen LogP contribution in [-0.2, 0) is 4.74 Å². The molecular formula is C3H7N3O. The highest BCUT2D eigenvalue weighted by atomic mass is 16.6. The average Bonchev–Trinajstić information content (AvgIpc) is 2.22. The quantitative estimate of drug-likeness (QED) is 0.242. The van der Waals surface area contributed by atoms with Crippen LogP contribution < -0.4 is 11.5 Å². The molecule has 0 aromatic carbocycles. The summed E-state index contributed by atoms with van der Waals surface area (Å²) in [5.41, 5.74) is 10.2. The maximum atomic E-state index is 5.26. The predicted molar refractivity (Wildman–Crippen MR) is 25.5 cm³/mol. The van der Waals surface area contributed by atoms with Gasteiger partial charge in [-0.15, -0.1) is 0 Å². The Bertz CT molecular complexity index is 96.4. The van der Waals surface area contributed by atoms with E-state index < -0.39 is 5.85 Å². The second-order valence-electron chi connectivity index (χ2n) is 1.41. The van der Waals surface area contributed by atoms with Gasteiger partial charge in [0, 0.05) is 0 Å². The van der Waals surface area contributed by atoms with Crippen LogP contribution in [0.2, 0.25) is 0 Å². The van der Waals surface area contributed by atoms with E-state index in [0.717, 1.165) is 6.34 Å². The molecule has 1 aliphatic heterocycles. The fourth-order valence-electron chi connectivity index (χ4n) is 0.275. The smallest absolute Gasteiger partial charge is 0.239 e. The second-order valence-corrected chi connectivity index (χ2v) is 1.41. The van der Waals surface area contributed by atoms with E-state index in [4.69, 9.17) is 11.5 Å². The van der Waals surface area contributed by atoms with Gasteiger partial charge in [0.1, 0.15) is 6.61 Å². The molecule has 1 unspecified atom stereocenters. The van der Waals surface area contributed by atoms with Crippen molar-refractivity contribution in [2.75, 3.05) is 6.61 Å². The number of hydrogen-bond donors (Lipinski definition) is 2. The molecule has 1 rings (SSSR count). The Labute approximate surface area is 41.2 Å². The number of hydrogen-bond acceptors (Lipinski definition) is 3. The van der Waals surface area contributed by atoms with Gasteiger partial charge in [-0.2, -0.15) is 0 Å². The molecular weight excluding hydrogens is 94.1 g/mol. The first-order chi connectivity index (χ1) is 3.27. The first kappa shape index (κ1) is 4.55. The fourth-order valence-corrected chi connectivity index (χ4v) is 0.275. The van der Waals surface area contributed by atoms with Gasteiger partial charge in [0.05, 0.1) is 6.34 Å². The summed E-state index contributed by atoms with van der Waals surface area (Å²) >= 11 is 0. The summed E-state index contributed by atoms with van der Waals surface area (Å²) in [7, 11) is 0. The van der Waals surface area contributed by atoms with Crippen molar-refractivity contribution in [1.29, 1.82) is 0 Å². The highest BCUT2D eigenvalue weighted by Crippen LogP contribution is 2.19. The van der Waals surface area contributed by atoms with Gasteiger partial charge >= 0.3 is 0 Å². The molecule has 1 heterocycles. The molecule has 0 amide bonds. The average molecular weight is 101 g/mol. The summed E-state index contributed by atoms with van der Waals surface area (Å²) in [6.45, 7) is 0.487. The van der Waals surface area contributed by atoms with Crippen LogP contribution in [0.3, 0.4) is 0 Å². The maximum absolute atomic E-state index is 5.26. The molecule has 0 saturated carbocycles. The highest BCUT2D eigenvalue weighted by Gasteiger charge is 2.39. The van der Waals surface area contributed by atoms with Crippen molar-refractivity contribution < 1.29 is 4.74 Å². The van der Waals surface area contributed by atoms with Crippen LogP contribution in [0.4, 0.5) is 0 Å². The zero-order valence-corrected chi connectivity index (χ0v) is 3.79. The monoisotopic (exact) mass is 101 g/mol. The molecule has 4 N–H and O–H groups in total. The lowest BCUT2D eigenvalue weighted by molar-refractivity contribution is 0.321. The summed E-state index contributed by atoms with van der Waals surface area (Å²) in [5, 5.41) is 0. The molecule has 7 heavy (non-hydrogen) atoms. The Morgan fingerprint density at radius 2 is 2.43 bits per heavy atom. The van der Waals surface area contributed by atoms with Crippen molar-refractivity contribution >= 4 is 6.34 Å². The Kier molecular flexibility index (Phi) is 0.765. The number of ether oxygens (including phenoxy) is 1. The summed E-state index contributed by atoms with van der Waals surface area (Å²) in [6.07, 6.45) is 1.15. The lowest BCUT2D eigenvalue weighted by Gasteiger charge is -1.89. The van der Waals surface area contributed by atoms with Crippen LogP contribution in [0.1, 0.15) is 0 Å². The summed E-state index contributed by atoms with van der Waals surface area (Å²) in [4.78, 5) is 3.58. The van der Waals surface area contributed by atoms with E-state index in [1.54, 1.807) is 0 Å². The largest absolute Gasteiger partial charge is 0.390 e.